The van der Waals surface area contributed by atoms with E-state index in [2.05, 4.69) is 277 Å². The second kappa shape index (κ2) is 16.9. The molecule has 1 nitrogen and oxygen atoms in total. The lowest BCUT2D eigenvalue weighted by Gasteiger charge is -2.28. The van der Waals surface area contributed by atoms with Crippen LogP contribution in [-0.4, -0.2) is 0 Å². The van der Waals surface area contributed by atoms with Gasteiger partial charge in [0.1, 0.15) is 0 Å². The Bertz CT molecular complexity index is 3320. The van der Waals surface area contributed by atoms with E-state index in [9.17, 15) is 0 Å². The summed E-state index contributed by atoms with van der Waals surface area (Å²) in [5.74, 6) is 0. The number of rotatable bonds is 9. The Morgan fingerprint density at radius 3 is 1.26 bits per heavy atom. The molecule has 0 heterocycles. The van der Waals surface area contributed by atoms with Gasteiger partial charge in [-0.3, -0.25) is 0 Å². The lowest BCUT2D eigenvalue weighted by atomic mass is 9.82. The zero-order valence-electron chi connectivity index (χ0n) is 36.4. The molecule has 0 unspecified atom stereocenters. The minimum absolute atomic E-state index is 0.123. The summed E-state index contributed by atoms with van der Waals surface area (Å²) in [7, 11) is 0. The van der Waals surface area contributed by atoms with Crippen LogP contribution in [0.1, 0.15) is 25.0 Å². The van der Waals surface area contributed by atoms with Crippen molar-refractivity contribution in [2.24, 2.45) is 0 Å². The van der Waals surface area contributed by atoms with Gasteiger partial charge >= 0.3 is 0 Å². The van der Waals surface area contributed by atoms with Crippen molar-refractivity contribution in [1.29, 1.82) is 0 Å². The molecule has 10 aromatic carbocycles. The van der Waals surface area contributed by atoms with E-state index in [1.54, 1.807) is 0 Å². The lowest BCUT2D eigenvalue weighted by molar-refractivity contribution is 0.660. The fraction of sp³-hybridized carbons (Fsp3) is 0.0476. The number of hydrogen-bond acceptors (Lipinski definition) is 1. The molecule has 0 radical (unpaired) electrons. The number of hydrogen-bond donors (Lipinski definition) is 0. The van der Waals surface area contributed by atoms with E-state index in [4.69, 9.17) is 0 Å². The fourth-order valence-corrected chi connectivity index (χ4v) is 10.3. The van der Waals surface area contributed by atoms with Gasteiger partial charge in [0.25, 0.3) is 0 Å². The van der Waals surface area contributed by atoms with Crippen LogP contribution >= 0.6 is 15.9 Å². The molecule has 0 atom stereocenters. The molecule has 1 aliphatic rings. The van der Waals surface area contributed by atoms with Crippen LogP contribution in [0.15, 0.2) is 247 Å². The monoisotopic (exact) mass is 895 g/mol. The van der Waals surface area contributed by atoms with Crippen molar-refractivity contribution in [3.8, 4) is 77.9 Å². The molecule has 11 rings (SSSR count). The quantitative estimate of drug-likeness (QED) is 0.140. The van der Waals surface area contributed by atoms with Gasteiger partial charge in [-0.1, -0.05) is 218 Å². The summed E-state index contributed by atoms with van der Waals surface area (Å²) in [6, 6.07) is 88.5. The fourth-order valence-electron chi connectivity index (χ4n) is 9.82. The molecule has 2 heteroatoms. The van der Waals surface area contributed by atoms with Gasteiger partial charge in [0.2, 0.25) is 0 Å². The molecule has 10 aromatic rings. The number of fused-ring (bicyclic) bond motifs is 3. The first kappa shape index (κ1) is 40.3. The van der Waals surface area contributed by atoms with Crippen molar-refractivity contribution in [2.45, 2.75) is 19.3 Å². The number of benzene rings is 10. The van der Waals surface area contributed by atoms with Crippen molar-refractivity contribution in [1.82, 2.24) is 0 Å². The molecule has 310 valence electrons. The highest BCUT2D eigenvalue weighted by molar-refractivity contribution is 9.10. The van der Waals surface area contributed by atoms with Gasteiger partial charge in [-0.05, 0) is 144 Å². The van der Waals surface area contributed by atoms with Gasteiger partial charge in [-0.25, -0.2) is 0 Å². The zero-order valence-corrected chi connectivity index (χ0v) is 38.0. The van der Waals surface area contributed by atoms with Crippen LogP contribution in [0.4, 0.5) is 17.1 Å². The number of anilines is 3. The van der Waals surface area contributed by atoms with Gasteiger partial charge in [0.15, 0.2) is 0 Å². The normalized spacial score (nSPS) is 12.4. The lowest BCUT2D eigenvalue weighted by Crippen LogP contribution is -2.16. The molecule has 0 fully saturated rings. The summed E-state index contributed by atoms with van der Waals surface area (Å²) < 4.78 is 1.06. The first-order valence-corrected chi connectivity index (χ1v) is 23.1. The highest BCUT2D eigenvalue weighted by Gasteiger charge is 2.35. The largest absolute Gasteiger partial charge is 0.310 e. The Labute approximate surface area is 391 Å². The molecule has 0 saturated carbocycles. The zero-order chi connectivity index (χ0) is 43.9. The third-order valence-electron chi connectivity index (χ3n) is 13.2. The molecule has 0 spiro atoms. The summed E-state index contributed by atoms with van der Waals surface area (Å²) in [5.41, 5.74) is 22.7. The minimum atomic E-state index is -0.123. The minimum Gasteiger partial charge on any atom is -0.310 e. The topological polar surface area (TPSA) is 3.24 Å². The molecule has 0 aromatic heterocycles. The highest BCUT2D eigenvalue weighted by Crippen LogP contribution is 2.51. The number of nitrogens with zero attached hydrogens (tertiary/aromatic N) is 1. The van der Waals surface area contributed by atoms with E-state index in [0.717, 1.165) is 32.7 Å². The summed E-state index contributed by atoms with van der Waals surface area (Å²) in [6.07, 6.45) is 0. The van der Waals surface area contributed by atoms with E-state index in [-0.39, 0.29) is 5.41 Å². The molecule has 65 heavy (non-hydrogen) atoms. The van der Waals surface area contributed by atoms with Crippen molar-refractivity contribution >= 4 is 33.0 Å². The van der Waals surface area contributed by atoms with Crippen LogP contribution in [0.2, 0.25) is 0 Å². The molecule has 0 aliphatic heterocycles. The second-order valence-electron chi connectivity index (χ2n) is 17.4. The number of halogens is 1. The molecular weight excluding hydrogens is 851 g/mol. The predicted octanol–water partition coefficient (Wildman–Crippen LogP) is 18.2. The van der Waals surface area contributed by atoms with Crippen molar-refractivity contribution in [2.75, 3.05) is 4.90 Å². The third kappa shape index (κ3) is 7.50. The van der Waals surface area contributed by atoms with E-state index < -0.39 is 0 Å². The second-order valence-corrected chi connectivity index (χ2v) is 18.3. The van der Waals surface area contributed by atoms with Crippen LogP contribution in [0.3, 0.4) is 0 Å². The summed E-state index contributed by atoms with van der Waals surface area (Å²) in [6.45, 7) is 4.71. The highest BCUT2D eigenvalue weighted by atomic mass is 79.9. The first-order chi connectivity index (χ1) is 31.9. The Morgan fingerprint density at radius 1 is 0.277 bits per heavy atom. The predicted molar refractivity (Wildman–Crippen MR) is 279 cm³/mol. The van der Waals surface area contributed by atoms with Gasteiger partial charge < -0.3 is 4.90 Å². The van der Waals surface area contributed by atoms with Crippen LogP contribution in [0.5, 0.6) is 0 Å². The average molecular weight is 897 g/mol. The SMILES string of the molecule is CC1(C)c2ccccc2-c2ccc(N(c3ccc(-c4ccccc4)cc3)c3ccc(-c4cc(-c5ccccc5)ccc4-c4ccc(-c5ccccc5)cc4-c4ccccc4Br)cc3)cc21. The maximum absolute atomic E-state index is 3.93. The van der Waals surface area contributed by atoms with Crippen molar-refractivity contribution in [3.63, 3.8) is 0 Å². The molecule has 0 amide bonds. The molecule has 1 aliphatic carbocycles. The Morgan fingerprint density at radius 2 is 0.677 bits per heavy atom. The molecule has 0 saturated heterocycles. The van der Waals surface area contributed by atoms with Crippen LogP contribution < -0.4 is 4.90 Å². The smallest absolute Gasteiger partial charge is 0.0465 e. The first-order valence-electron chi connectivity index (χ1n) is 22.4. The molecular formula is C63H46BrN. The Kier molecular flexibility index (Phi) is 10.5. The van der Waals surface area contributed by atoms with Gasteiger partial charge in [0, 0.05) is 26.9 Å². The summed E-state index contributed by atoms with van der Waals surface area (Å²) >= 11 is 3.93. The standard InChI is InChI=1S/C63H46BrN/c1-63(2)60-24-14-12-22-55(60)56-39-36-52(42-61(56)63)65(50-32-26-46(27-33-50)43-16-6-3-7-17-43)51-34-28-47(29-35-51)58-40-48(44-18-8-4-9-19-44)30-37-53(58)54-38-31-49(45-20-10-5-11-21-45)41-59(54)57-23-13-15-25-62(57)64/h3-42H,1-2H3. The van der Waals surface area contributed by atoms with Crippen LogP contribution in [0, 0.1) is 0 Å². The van der Waals surface area contributed by atoms with Crippen LogP contribution in [-0.2, 0) is 5.41 Å². The van der Waals surface area contributed by atoms with E-state index in [1.807, 2.05) is 0 Å². The Hall–Kier alpha value is -7.52. The summed E-state index contributed by atoms with van der Waals surface area (Å²) in [4.78, 5) is 2.41. The van der Waals surface area contributed by atoms with Gasteiger partial charge in [0.05, 0.1) is 0 Å². The van der Waals surface area contributed by atoms with E-state index in [0.29, 0.717) is 0 Å². The van der Waals surface area contributed by atoms with Crippen molar-refractivity contribution in [3.05, 3.63) is 258 Å². The van der Waals surface area contributed by atoms with Crippen molar-refractivity contribution < 1.29 is 0 Å². The average Bonchev–Trinajstić information content (AvgIpc) is 3.60. The van der Waals surface area contributed by atoms with Gasteiger partial charge in [-0.2, -0.15) is 0 Å². The maximum Gasteiger partial charge on any atom is 0.0465 e. The summed E-state index contributed by atoms with van der Waals surface area (Å²) in [5, 5.41) is 0. The van der Waals surface area contributed by atoms with Gasteiger partial charge in [-0.15, -0.1) is 0 Å². The van der Waals surface area contributed by atoms with Crippen LogP contribution in [0.25, 0.3) is 77.9 Å². The molecule has 0 N–H and O–H groups in total. The van der Waals surface area contributed by atoms with E-state index in [1.165, 1.54) is 77.9 Å². The van der Waals surface area contributed by atoms with E-state index >= 15 is 0 Å². The maximum atomic E-state index is 3.93. The third-order valence-corrected chi connectivity index (χ3v) is 13.9. The molecule has 0 bridgehead atoms. The Balaban J connectivity index is 1.06.